The summed E-state index contributed by atoms with van der Waals surface area (Å²) in [5.41, 5.74) is 1.37. The predicted molar refractivity (Wildman–Crippen MR) is 66.2 cm³/mol. The van der Waals surface area contributed by atoms with Gasteiger partial charge in [-0.3, -0.25) is 4.90 Å². The standard InChI is InChI=1S/C14H21NO/c1-12(16)10-14-8-5-9-15(14)11-13-6-3-2-4-7-13/h2-4,6-7,12,14,16H,5,8-11H2,1H3. The lowest BCUT2D eigenvalue weighted by Gasteiger charge is -2.25. The third kappa shape index (κ3) is 3.06. The van der Waals surface area contributed by atoms with E-state index in [9.17, 15) is 5.11 Å². The summed E-state index contributed by atoms with van der Waals surface area (Å²) < 4.78 is 0. The van der Waals surface area contributed by atoms with Crippen LogP contribution in [0, 0.1) is 0 Å². The Morgan fingerprint density at radius 2 is 2.12 bits per heavy atom. The maximum atomic E-state index is 9.47. The number of aliphatic hydroxyl groups excluding tert-OH is 1. The Labute approximate surface area is 97.9 Å². The summed E-state index contributed by atoms with van der Waals surface area (Å²) in [7, 11) is 0. The van der Waals surface area contributed by atoms with Gasteiger partial charge in [0, 0.05) is 12.6 Å². The smallest absolute Gasteiger partial charge is 0.0527 e. The van der Waals surface area contributed by atoms with Gasteiger partial charge in [-0.25, -0.2) is 0 Å². The number of hydrogen-bond donors (Lipinski definition) is 1. The van der Waals surface area contributed by atoms with E-state index in [2.05, 4.69) is 35.2 Å². The van der Waals surface area contributed by atoms with Crippen molar-refractivity contribution in [3.63, 3.8) is 0 Å². The minimum absolute atomic E-state index is 0.179. The summed E-state index contributed by atoms with van der Waals surface area (Å²) in [5, 5.41) is 9.47. The van der Waals surface area contributed by atoms with Gasteiger partial charge in [0.15, 0.2) is 0 Å². The van der Waals surface area contributed by atoms with Gasteiger partial charge in [-0.2, -0.15) is 0 Å². The third-order valence-electron chi connectivity index (χ3n) is 3.34. The van der Waals surface area contributed by atoms with E-state index in [1.54, 1.807) is 0 Å². The zero-order valence-electron chi connectivity index (χ0n) is 9.97. The first-order chi connectivity index (χ1) is 7.75. The van der Waals surface area contributed by atoms with Gasteiger partial charge >= 0.3 is 0 Å². The first-order valence-corrected chi connectivity index (χ1v) is 6.22. The SMILES string of the molecule is CC(O)CC1CCCN1Cc1ccccc1. The van der Waals surface area contributed by atoms with Crippen LogP contribution in [-0.2, 0) is 6.54 Å². The molecule has 1 saturated heterocycles. The van der Waals surface area contributed by atoms with Crippen LogP contribution in [0.25, 0.3) is 0 Å². The molecule has 0 amide bonds. The molecule has 2 rings (SSSR count). The van der Waals surface area contributed by atoms with Gasteiger partial charge in [0.25, 0.3) is 0 Å². The third-order valence-corrected chi connectivity index (χ3v) is 3.34. The lowest BCUT2D eigenvalue weighted by Crippen LogP contribution is -2.31. The van der Waals surface area contributed by atoms with Crippen LogP contribution in [0.3, 0.4) is 0 Å². The maximum absolute atomic E-state index is 9.47. The normalized spacial score (nSPS) is 23.5. The summed E-state index contributed by atoms with van der Waals surface area (Å²) in [5.74, 6) is 0. The number of aliphatic hydroxyl groups is 1. The second-order valence-electron chi connectivity index (χ2n) is 4.84. The molecular weight excluding hydrogens is 198 g/mol. The van der Waals surface area contributed by atoms with Crippen molar-refractivity contribution >= 4 is 0 Å². The minimum Gasteiger partial charge on any atom is -0.393 e. The monoisotopic (exact) mass is 219 g/mol. The molecule has 0 aliphatic carbocycles. The molecule has 88 valence electrons. The van der Waals surface area contributed by atoms with Crippen LogP contribution in [0.5, 0.6) is 0 Å². The lowest BCUT2D eigenvalue weighted by molar-refractivity contribution is 0.131. The number of nitrogens with zero attached hydrogens (tertiary/aromatic N) is 1. The molecule has 2 unspecified atom stereocenters. The fraction of sp³-hybridized carbons (Fsp3) is 0.571. The van der Waals surface area contributed by atoms with Crippen molar-refractivity contribution < 1.29 is 5.11 Å². The van der Waals surface area contributed by atoms with Crippen LogP contribution in [0.15, 0.2) is 30.3 Å². The fourth-order valence-corrected chi connectivity index (χ4v) is 2.58. The molecule has 1 aromatic carbocycles. The summed E-state index contributed by atoms with van der Waals surface area (Å²) in [6.07, 6.45) is 3.23. The Kier molecular flexibility index (Phi) is 3.97. The Hall–Kier alpha value is -0.860. The molecule has 1 aliphatic rings. The van der Waals surface area contributed by atoms with Crippen LogP contribution >= 0.6 is 0 Å². The summed E-state index contributed by atoms with van der Waals surface area (Å²) in [4.78, 5) is 2.50. The molecule has 2 atom stereocenters. The van der Waals surface area contributed by atoms with Crippen LogP contribution < -0.4 is 0 Å². The largest absolute Gasteiger partial charge is 0.393 e. The van der Waals surface area contributed by atoms with E-state index in [4.69, 9.17) is 0 Å². The Morgan fingerprint density at radius 1 is 1.38 bits per heavy atom. The molecule has 1 N–H and O–H groups in total. The van der Waals surface area contributed by atoms with E-state index < -0.39 is 0 Å². The molecule has 0 aromatic heterocycles. The molecule has 0 saturated carbocycles. The molecule has 1 aliphatic heterocycles. The van der Waals surface area contributed by atoms with Crippen molar-refractivity contribution in [2.75, 3.05) is 6.54 Å². The Bertz CT molecular complexity index is 310. The van der Waals surface area contributed by atoms with Crippen molar-refractivity contribution in [3.8, 4) is 0 Å². The van der Waals surface area contributed by atoms with Crippen molar-refractivity contribution in [3.05, 3.63) is 35.9 Å². The van der Waals surface area contributed by atoms with Crippen molar-refractivity contribution in [2.45, 2.75) is 44.9 Å². The van der Waals surface area contributed by atoms with Crippen molar-refractivity contribution in [1.82, 2.24) is 4.90 Å². The van der Waals surface area contributed by atoms with E-state index in [1.807, 2.05) is 6.92 Å². The first kappa shape index (κ1) is 11.6. The molecule has 2 heteroatoms. The average molecular weight is 219 g/mol. The number of likely N-dealkylation sites (tertiary alicyclic amines) is 1. The van der Waals surface area contributed by atoms with E-state index in [0.717, 1.165) is 13.0 Å². The molecule has 16 heavy (non-hydrogen) atoms. The zero-order valence-corrected chi connectivity index (χ0v) is 9.97. The molecule has 2 nitrogen and oxygen atoms in total. The molecule has 1 heterocycles. The van der Waals surface area contributed by atoms with Gasteiger partial charge in [0.1, 0.15) is 0 Å². The first-order valence-electron chi connectivity index (χ1n) is 6.22. The van der Waals surface area contributed by atoms with E-state index in [0.29, 0.717) is 6.04 Å². The molecule has 0 radical (unpaired) electrons. The van der Waals surface area contributed by atoms with Crippen LogP contribution in [-0.4, -0.2) is 28.7 Å². The van der Waals surface area contributed by atoms with Crippen LogP contribution in [0.1, 0.15) is 31.7 Å². The molecule has 1 fully saturated rings. The summed E-state index contributed by atoms with van der Waals surface area (Å²) in [6, 6.07) is 11.2. The lowest BCUT2D eigenvalue weighted by atomic mass is 10.1. The van der Waals surface area contributed by atoms with Crippen LogP contribution in [0.4, 0.5) is 0 Å². The second-order valence-corrected chi connectivity index (χ2v) is 4.84. The number of benzene rings is 1. The zero-order chi connectivity index (χ0) is 11.4. The summed E-state index contributed by atoms with van der Waals surface area (Å²) >= 11 is 0. The van der Waals surface area contributed by atoms with Crippen molar-refractivity contribution in [1.29, 1.82) is 0 Å². The highest BCUT2D eigenvalue weighted by molar-refractivity contribution is 5.14. The highest BCUT2D eigenvalue weighted by Gasteiger charge is 2.25. The Morgan fingerprint density at radius 3 is 2.81 bits per heavy atom. The van der Waals surface area contributed by atoms with E-state index >= 15 is 0 Å². The second kappa shape index (κ2) is 5.46. The molecule has 1 aromatic rings. The van der Waals surface area contributed by atoms with Gasteiger partial charge in [-0.15, -0.1) is 0 Å². The van der Waals surface area contributed by atoms with Crippen molar-refractivity contribution in [2.24, 2.45) is 0 Å². The van der Waals surface area contributed by atoms with Gasteiger partial charge in [-0.1, -0.05) is 30.3 Å². The van der Waals surface area contributed by atoms with Gasteiger partial charge in [0.2, 0.25) is 0 Å². The minimum atomic E-state index is -0.179. The van der Waals surface area contributed by atoms with Gasteiger partial charge in [-0.05, 0) is 38.3 Å². The quantitative estimate of drug-likeness (QED) is 0.840. The highest BCUT2D eigenvalue weighted by Crippen LogP contribution is 2.23. The Balaban J connectivity index is 1.93. The molecule has 0 spiro atoms. The van der Waals surface area contributed by atoms with Crippen LogP contribution in [0.2, 0.25) is 0 Å². The van der Waals surface area contributed by atoms with E-state index in [-0.39, 0.29) is 6.10 Å². The fourth-order valence-electron chi connectivity index (χ4n) is 2.58. The maximum Gasteiger partial charge on any atom is 0.0527 e. The predicted octanol–water partition coefficient (Wildman–Crippen LogP) is 2.42. The highest BCUT2D eigenvalue weighted by atomic mass is 16.3. The van der Waals surface area contributed by atoms with E-state index in [1.165, 1.54) is 24.9 Å². The number of hydrogen-bond acceptors (Lipinski definition) is 2. The number of rotatable bonds is 4. The molecule has 0 bridgehead atoms. The topological polar surface area (TPSA) is 23.5 Å². The molecular formula is C14H21NO. The summed E-state index contributed by atoms with van der Waals surface area (Å²) in [6.45, 7) is 4.09. The average Bonchev–Trinajstić information content (AvgIpc) is 2.66. The van der Waals surface area contributed by atoms with Gasteiger partial charge < -0.3 is 5.11 Å². The van der Waals surface area contributed by atoms with Gasteiger partial charge in [0.05, 0.1) is 6.10 Å².